The third-order valence-electron chi connectivity index (χ3n) is 5.73. The number of aryl methyl sites for hydroxylation is 1. The number of nitrogens with one attached hydrogen (secondary N) is 1. The minimum absolute atomic E-state index is 0.0948. The van der Waals surface area contributed by atoms with Crippen molar-refractivity contribution in [2.45, 2.75) is 39.7 Å². The largest absolute Gasteiger partial charge is 0.342 e. The lowest BCUT2D eigenvalue weighted by Crippen LogP contribution is -2.35. The lowest BCUT2D eigenvalue weighted by molar-refractivity contribution is -0.134. The van der Waals surface area contributed by atoms with Gasteiger partial charge in [0.15, 0.2) is 0 Å². The van der Waals surface area contributed by atoms with Crippen LogP contribution in [0.3, 0.4) is 0 Å². The van der Waals surface area contributed by atoms with E-state index < -0.39 is 0 Å². The zero-order chi connectivity index (χ0) is 20.7. The van der Waals surface area contributed by atoms with Gasteiger partial charge in [-0.05, 0) is 38.5 Å². The maximum Gasteiger partial charge on any atom is 0.257 e. The number of carbonyl (C=O) groups excluding carboxylic acids is 1. The summed E-state index contributed by atoms with van der Waals surface area (Å²) in [5, 5.41) is 5.66. The second-order valence-corrected chi connectivity index (χ2v) is 8.21. The molecule has 0 radical (unpaired) electrons. The number of hydrogen-bond acceptors (Lipinski definition) is 4. The van der Waals surface area contributed by atoms with E-state index in [1.54, 1.807) is 23.0 Å². The zero-order valence-electron chi connectivity index (χ0n) is 16.8. The third kappa shape index (κ3) is 3.67. The Morgan fingerprint density at radius 1 is 1.41 bits per heavy atom. The number of fused-ring (bicyclic) bond motifs is 1. The Labute approximate surface area is 173 Å². The quantitative estimate of drug-likeness (QED) is 0.712. The van der Waals surface area contributed by atoms with Crippen molar-refractivity contribution in [3.8, 4) is 0 Å². The average Bonchev–Trinajstić information content (AvgIpc) is 3.29. The minimum atomic E-state index is -0.208. The standard InChI is InChI=1S/C21H24ClN5O2/c1-12(10-27-14(3)19(22)13(2)25-27)21(29)26-8-6-15(11-26)17-9-18-16(20(28)24-17)5-4-7-23-18/h4-5,7,9,12,15H,6,8,10-11H2,1-3H3,(H,24,28)/t12-,15-/m1/s1. The molecular formula is C21H24ClN5O2. The highest BCUT2D eigenvalue weighted by molar-refractivity contribution is 6.31. The molecule has 4 rings (SSSR count). The molecule has 7 nitrogen and oxygen atoms in total. The lowest BCUT2D eigenvalue weighted by Gasteiger charge is -2.21. The number of pyridine rings is 2. The van der Waals surface area contributed by atoms with E-state index in [0.29, 0.717) is 35.6 Å². The second kappa shape index (κ2) is 7.63. The Morgan fingerprint density at radius 3 is 2.93 bits per heavy atom. The van der Waals surface area contributed by atoms with E-state index in [2.05, 4.69) is 15.1 Å². The molecule has 1 saturated heterocycles. The fourth-order valence-electron chi connectivity index (χ4n) is 4.04. The Morgan fingerprint density at radius 2 is 2.21 bits per heavy atom. The number of rotatable bonds is 4. The number of likely N-dealkylation sites (tertiary alicyclic amines) is 1. The molecule has 1 fully saturated rings. The van der Waals surface area contributed by atoms with Crippen LogP contribution in [-0.2, 0) is 11.3 Å². The van der Waals surface area contributed by atoms with Crippen molar-refractivity contribution in [2.24, 2.45) is 5.92 Å². The van der Waals surface area contributed by atoms with Crippen LogP contribution in [0.25, 0.3) is 10.9 Å². The Hall–Kier alpha value is -2.67. The van der Waals surface area contributed by atoms with Crippen LogP contribution in [0.4, 0.5) is 0 Å². The van der Waals surface area contributed by atoms with Gasteiger partial charge < -0.3 is 9.88 Å². The SMILES string of the molecule is Cc1nn(C[C@@H](C)C(=O)N2CC[C@@H](c3cc4ncccc4c(=O)[nH]3)C2)c(C)c1Cl. The van der Waals surface area contributed by atoms with Crippen molar-refractivity contribution in [1.82, 2.24) is 24.6 Å². The Bertz CT molecular complexity index is 1140. The molecule has 152 valence electrons. The molecule has 0 saturated carbocycles. The molecule has 0 aromatic carbocycles. The van der Waals surface area contributed by atoms with Gasteiger partial charge in [-0.15, -0.1) is 0 Å². The summed E-state index contributed by atoms with van der Waals surface area (Å²) >= 11 is 6.22. The van der Waals surface area contributed by atoms with Gasteiger partial charge in [-0.1, -0.05) is 18.5 Å². The first-order chi connectivity index (χ1) is 13.8. The van der Waals surface area contributed by atoms with Crippen molar-refractivity contribution in [3.63, 3.8) is 0 Å². The van der Waals surface area contributed by atoms with Crippen LogP contribution in [0.2, 0.25) is 5.02 Å². The van der Waals surface area contributed by atoms with Crippen molar-refractivity contribution in [2.75, 3.05) is 13.1 Å². The van der Waals surface area contributed by atoms with Crippen LogP contribution in [0, 0.1) is 19.8 Å². The number of halogens is 1. The van der Waals surface area contributed by atoms with Crippen molar-refractivity contribution >= 4 is 28.4 Å². The maximum atomic E-state index is 13.0. The van der Waals surface area contributed by atoms with E-state index in [9.17, 15) is 9.59 Å². The molecule has 0 bridgehead atoms. The maximum absolute atomic E-state index is 13.0. The summed E-state index contributed by atoms with van der Waals surface area (Å²) in [5.41, 5.74) is 3.05. The highest BCUT2D eigenvalue weighted by Gasteiger charge is 2.31. The normalized spacial score (nSPS) is 17.8. The van der Waals surface area contributed by atoms with Gasteiger partial charge >= 0.3 is 0 Å². The fraction of sp³-hybridized carbons (Fsp3) is 0.429. The summed E-state index contributed by atoms with van der Waals surface area (Å²) in [6.07, 6.45) is 2.50. The Balaban J connectivity index is 1.47. The third-order valence-corrected chi connectivity index (χ3v) is 6.28. The van der Waals surface area contributed by atoms with Crippen LogP contribution in [-0.4, -0.2) is 43.6 Å². The van der Waals surface area contributed by atoms with Crippen molar-refractivity contribution in [1.29, 1.82) is 0 Å². The van der Waals surface area contributed by atoms with E-state index in [1.807, 2.05) is 31.7 Å². The van der Waals surface area contributed by atoms with Gasteiger partial charge in [0, 0.05) is 30.9 Å². The van der Waals surface area contributed by atoms with E-state index in [4.69, 9.17) is 11.6 Å². The summed E-state index contributed by atoms with van der Waals surface area (Å²) in [4.78, 5) is 34.5. The van der Waals surface area contributed by atoms with Crippen molar-refractivity contribution in [3.05, 3.63) is 56.9 Å². The number of aromatic amines is 1. The molecule has 1 aliphatic heterocycles. The van der Waals surface area contributed by atoms with Gasteiger partial charge in [-0.3, -0.25) is 19.3 Å². The van der Waals surface area contributed by atoms with Crippen LogP contribution in [0.15, 0.2) is 29.2 Å². The number of H-pyrrole nitrogens is 1. The molecule has 0 spiro atoms. The first kappa shape index (κ1) is 19.6. The highest BCUT2D eigenvalue weighted by atomic mass is 35.5. The molecule has 0 unspecified atom stereocenters. The summed E-state index contributed by atoms with van der Waals surface area (Å²) in [6, 6.07) is 5.45. The number of amides is 1. The van der Waals surface area contributed by atoms with E-state index in [-0.39, 0.29) is 23.3 Å². The smallest absolute Gasteiger partial charge is 0.257 e. The second-order valence-electron chi connectivity index (χ2n) is 7.83. The number of aromatic nitrogens is 4. The Kier molecular flexibility index (Phi) is 5.17. The summed E-state index contributed by atoms with van der Waals surface area (Å²) < 4.78 is 1.81. The summed E-state index contributed by atoms with van der Waals surface area (Å²) in [6.45, 7) is 7.46. The molecular weight excluding hydrogens is 390 g/mol. The van der Waals surface area contributed by atoms with Gasteiger partial charge in [0.05, 0.1) is 39.8 Å². The molecule has 0 aliphatic carbocycles. The summed E-state index contributed by atoms with van der Waals surface area (Å²) in [5.74, 6) is -0.00837. The van der Waals surface area contributed by atoms with Crippen LogP contribution in [0.1, 0.15) is 36.3 Å². The van der Waals surface area contributed by atoms with E-state index >= 15 is 0 Å². The summed E-state index contributed by atoms with van der Waals surface area (Å²) in [7, 11) is 0. The number of carbonyl (C=O) groups is 1. The van der Waals surface area contributed by atoms with E-state index in [0.717, 1.165) is 23.5 Å². The molecule has 2 atom stereocenters. The van der Waals surface area contributed by atoms with Gasteiger partial charge in [-0.25, -0.2) is 0 Å². The number of nitrogens with zero attached hydrogens (tertiary/aromatic N) is 4. The zero-order valence-corrected chi connectivity index (χ0v) is 17.5. The number of hydrogen-bond donors (Lipinski definition) is 1. The molecule has 8 heteroatoms. The average molecular weight is 414 g/mol. The minimum Gasteiger partial charge on any atom is -0.342 e. The lowest BCUT2D eigenvalue weighted by atomic mass is 10.0. The predicted octanol–water partition coefficient (Wildman–Crippen LogP) is 3.04. The van der Waals surface area contributed by atoms with Crippen LogP contribution in [0.5, 0.6) is 0 Å². The van der Waals surface area contributed by atoms with E-state index in [1.165, 1.54) is 0 Å². The molecule has 4 heterocycles. The molecule has 1 aliphatic rings. The highest BCUT2D eigenvalue weighted by Crippen LogP contribution is 2.28. The molecule has 3 aromatic rings. The molecule has 1 amide bonds. The van der Waals surface area contributed by atoms with Gasteiger partial charge in [0.2, 0.25) is 5.91 Å². The first-order valence-electron chi connectivity index (χ1n) is 9.81. The first-order valence-corrected chi connectivity index (χ1v) is 10.2. The molecule has 1 N–H and O–H groups in total. The van der Waals surface area contributed by atoms with Gasteiger partial charge in [0.25, 0.3) is 5.56 Å². The predicted molar refractivity (Wildman–Crippen MR) is 112 cm³/mol. The monoisotopic (exact) mass is 413 g/mol. The fourth-order valence-corrected chi connectivity index (χ4v) is 4.18. The topological polar surface area (TPSA) is 83.9 Å². The van der Waals surface area contributed by atoms with Crippen LogP contribution >= 0.6 is 11.6 Å². The van der Waals surface area contributed by atoms with Crippen LogP contribution < -0.4 is 5.56 Å². The van der Waals surface area contributed by atoms with Gasteiger partial charge in [-0.2, -0.15) is 5.10 Å². The molecule has 3 aromatic heterocycles. The van der Waals surface area contributed by atoms with Gasteiger partial charge in [0.1, 0.15) is 0 Å². The van der Waals surface area contributed by atoms with Crippen molar-refractivity contribution < 1.29 is 4.79 Å². The molecule has 29 heavy (non-hydrogen) atoms.